The number of benzene rings is 2. The van der Waals surface area contributed by atoms with E-state index in [2.05, 4.69) is 10.3 Å². The molecule has 0 spiro atoms. The van der Waals surface area contributed by atoms with E-state index in [1.165, 1.54) is 0 Å². The van der Waals surface area contributed by atoms with Crippen molar-refractivity contribution in [2.75, 3.05) is 6.61 Å². The topological polar surface area (TPSA) is 88.5 Å². The second-order valence-electron chi connectivity index (χ2n) is 6.21. The fraction of sp³-hybridized carbons (Fsp3) is 0.0870. The van der Waals surface area contributed by atoms with Crippen molar-refractivity contribution in [2.24, 2.45) is 0 Å². The van der Waals surface area contributed by atoms with E-state index in [0.29, 0.717) is 12.3 Å². The minimum Gasteiger partial charge on any atom is -0.482 e. The number of pyridine rings is 1. The highest BCUT2D eigenvalue weighted by Gasteiger charge is 2.09. The summed E-state index contributed by atoms with van der Waals surface area (Å²) in [6.07, 6.45) is 4.94. The molecule has 0 radical (unpaired) electrons. The van der Waals surface area contributed by atoms with Crippen LogP contribution in [0.25, 0.3) is 5.57 Å². The fourth-order valence-electron chi connectivity index (χ4n) is 2.70. The number of carboxylic acids is 1. The van der Waals surface area contributed by atoms with E-state index in [9.17, 15) is 9.59 Å². The Kier molecular flexibility index (Phi) is 6.73. The highest BCUT2D eigenvalue weighted by atomic mass is 16.5. The van der Waals surface area contributed by atoms with Crippen molar-refractivity contribution in [3.63, 3.8) is 0 Å². The van der Waals surface area contributed by atoms with Gasteiger partial charge in [-0.15, -0.1) is 0 Å². The molecular weight excluding hydrogens is 368 g/mol. The summed E-state index contributed by atoms with van der Waals surface area (Å²) in [4.78, 5) is 27.2. The van der Waals surface area contributed by atoms with Crippen LogP contribution in [0.2, 0.25) is 0 Å². The molecule has 0 bridgehead atoms. The van der Waals surface area contributed by atoms with Gasteiger partial charge < -0.3 is 15.2 Å². The van der Waals surface area contributed by atoms with Gasteiger partial charge in [-0.1, -0.05) is 48.5 Å². The number of aliphatic carboxylic acids is 1. The first kappa shape index (κ1) is 19.8. The van der Waals surface area contributed by atoms with Gasteiger partial charge in [-0.25, -0.2) is 4.79 Å². The molecule has 0 aliphatic rings. The van der Waals surface area contributed by atoms with Gasteiger partial charge in [0.25, 0.3) is 0 Å². The summed E-state index contributed by atoms with van der Waals surface area (Å²) in [6, 6.07) is 20.2. The Morgan fingerprint density at radius 2 is 1.69 bits per heavy atom. The van der Waals surface area contributed by atoms with Crippen LogP contribution in [0.4, 0.5) is 0 Å². The maximum absolute atomic E-state index is 12.5. The Morgan fingerprint density at radius 1 is 0.966 bits per heavy atom. The zero-order valence-corrected chi connectivity index (χ0v) is 15.6. The fourth-order valence-corrected chi connectivity index (χ4v) is 2.70. The van der Waals surface area contributed by atoms with Gasteiger partial charge in [-0.2, -0.15) is 0 Å². The van der Waals surface area contributed by atoms with Crippen molar-refractivity contribution in [1.29, 1.82) is 0 Å². The van der Waals surface area contributed by atoms with Gasteiger partial charge >= 0.3 is 5.97 Å². The second-order valence-corrected chi connectivity index (χ2v) is 6.21. The number of aromatic nitrogens is 1. The van der Waals surface area contributed by atoms with E-state index in [1.807, 2.05) is 42.5 Å². The van der Waals surface area contributed by atoms with Gasteiger partial charge in [0, 0.05) is 25.0 Å². The number of rotatable bonds is 8. The Labute approximate surface area is 168 Å². The summed E-state index contributed by atoms with van der Waals surface area (Å²) in [6.45, 7) is -0.0231. The molecule has 6 nitrogen and oxygen atoms in total. The molecule has 3 rings (SSSR count). The van der Waals surface area contributed by atoms with Gasteiger partial charge in [0.05, 0.1) is 0 Å². The lowest BCUT2D eigenvalue weighted by atomic mass is 9.97. The standard InChI is InChI=1S/C23H20N2O4/c26-22(25-15-17-5-4-12-24-14-17)13-21(18-6-2-1-3-7-18)19-8-10-20(11-9-19)29-16-23(27)28/h1-14H,15-16H2,(H,25,26)(H,27,28)/b21-13+. The molecule has 2 aromatic carbocycles. The number of hydrogen-bond donors (Lipinski definition) is 2. The maximum atomic E-state index is 12.5. The first-order valence-corrected chi connectivity index (χ1v) is 9.01. The molecule has 1 heterocycles. The molecular formula is C23H20N2O4. The van der Waals surface area contributed by atoms with Gasteiger partial charge in [-0.05, 0) is 40.5 Å². The molecule has 0 aliphatic carbocycles. The maximum Gasteiger partial charge on any atom is 0.341 e. The van der Waals surface area contributed by atoms with Crippen molar-refractivity contribution in [1.82, 2.24) is 10.3 Å². The van der Waals surface area contributed by atoms with Gasteiger partial charge in [0.2, 0.25) is 5.91 Å². The summed E-state index contributed by atoms with van der Waals surface area (Å²) in [7, 11) is 0. The first-order valence-electron chi connectivity index (χ1n) is 9.01. The van der Waals surface area contributed by atoms with Crippen LogP contribution in [0.5, 0.6) is 5.75 Å². The van der Waals surface area contributed by atoms with E-state index >= 15 is 0 Å². The molecule has 0 saturated heterocycles. The number of amides is 1. The number of hydrogen-bond acceptors (Lipinski definition) is 4. The molecule has 2 N–H and O–H groups in total. The van der Waals surface area contributed by atoms with Crippen LogP contribution in [-0.4, -0.2) is 28.6 Å². The summed E-state index contributed by atoms with van der Waals surface area (Å²) >= 11 is 0. The lowest BCUT2D eigenvalue weighted by Gasteiger charge is -2.10. The second kappa shape index (κ2) is 9.85. The first-order chi connectivity index (χ1) is 14.1. The summed E-state index contributed by atoms with van der Waals surface area (Å²) < 4.78 is 5.17. The highest BCUT2D eigenvalue weighted by molar-refractivity contribution is 5.99. The molecule has 1 aromatic heterocycles. The summed E-state index contributed by atoms with van der Waals surface area (Å²) in [5.74, 6) is -0.812. The van der Waals surface area contributed by atoms with Crippen LogP contribution in [0.15, 0.2) is 85.2 Å². The van der Waals surface area contributed by atoms with Crippen molar-refractivity contribution in [3.05, 3.63) is 102 Å². The van der Waals surface area contributed by atoms with Gasteiger partial charge in [0.1, 0.15) is 5.75 Å². The third kappa shape index (κ3) is 6.04. The number of carboxylic acid groups (broad SMARTS) is 1. The smallest absolute Gasteiger partial charge is 0.341 e. The zero-order chi connectivity index (χ0) is 20.5. The molecule has 0 fully saturated rings. The van der Waals surface area contributed by atoms with Gasteiger partial charge in [0.15, 0.2) is 6.61 Å². The minimum atomic E-state index is -1.04. The average Bonchev–Trinajstić information content (AvgIpc) is 2.76. The van der Waals surface area contributed by atoms with Crippen LogP contribution in [0.1, 0.15) is 16.7 Å². The molecule has 0 saturated carbocycles. The van der Waals surface area contributed by atoms with E-state index in [-0.39, 0.29) is 5.91 Å². The van der Waals surface area contributed by atoms with Crippen molar-refractivity contribution in [3.8, 4) is 5.75 Å². The lowest BCUT2D eigenvalue weighted by Crippen LogP contribution is -2.20. The SMILES string of the molecule is O=C(O)COc1ccc(/C(=C/C(=O)NCc2cccnc2)c2ccccc2)cc1. The summed E-state index contributed by atoms with van der Waals surface area (Å²) in [5.41, 5.74) is 3.37. The Bertz CT molecular complexity index is 984. The third-order valence-corrected chi connectivity index (χ3v) is 4.08. The number of nitrogens with zero attached hydrogens (tertiary/aromatic N) is 1. The Hall–Kier alpha value is -3.93. The average molecular weight is 388 g/mol. The van der Waals surface area contributed by atoms with Crippen molar-refractivity contribution in [2.45, 2.75) is 6.54 Å². The van der Waals surface area contributed by atoms with E-state index in [0.717, 1.165) is 22.3 Å². The van der Waals surface area contributed by atoms with Crippen LogP contribution in [0.3, 0.4) is 0 Å². The van der Waals surface area contributed by atoms with E-state index in [4.69, 9.17) is 9.84 Å². The highest BCUT2D eigenvalue weighted by Crippen LogP contribution is 2.25. The number of ether oxygens (including phenoxy) is 1. The zero-order valence-electron chi connectivity index (χ0n) is 15.6. The van der Waals surface area contributed by atoms with Crippen molar-refractivity contribution < 1.29 is 19.4 Å². The molecule has 0 unspecified atom stereocenters. The van der Waals surface area contributed by atoms with Crippen LogP contribution < -0.4 is 10.1 Å². The van der Waals surface area contributed by atoms with Crippen LogP contribution in [0, 0.1) is 0 Å². The third-order valence-electron chi connectivity index (χ3n) is 4.08. The molecule has 0 aliphatic heterocycles. The Balaban J connectivity index is 1.80. The molecule has 6 heteroatoms. The van der Waals surface area contributed by atoms with E-state index < -0.39 is 12.6 Å². The molecule has 1 amide bonds. The normalized spacial score (nSPS) is 11.0. The quantitative estimate of drug-likeness (QED) is 0.578. The number of nitrogens with one attached hydrogen (secondary N) is 1. The number of carbonyl (C=O) groups is 2. The van der Waals surface area contributed by atoms with Crippen molar-refractivity contribution >= 4 is 17.4 Å². The predicted octanol–water partition coefficient (Wildman–Crippen LogP) is 3.29. The van der Waals surface area contributed by atoms with E-state index in [1.54, 1.807) is 42.7 Å². The largest absolute Gasteiger partial charge is 0.482 e. The van der Waals surface area contributed by atoms with Crippen LogP contribution in [-0.2, 0) is 16.1 Å². The molecule has 3 aromatic rings. The minimum absolute atomic E-state index is 0.223. The monoisotopic (exact) mass is 388 g/mol. The molecule has 29 heavy (non-hydrogen) atoms. The van der Waals surface area contributed by atoms with Gasteiger partial charge in [-0.3, -0.25) is 9.78 Å². The molecule has 0 atom stereocenters. The summed E-state index contributed by atoms with van der Waals surface area (Å²) in [5, 5.41) is 11.6. The van der Waals surface area contributed by atoms with Crippen LogP contribution >= 0.6 is 0 Å². The Morgan fingerprint density at radius 3 is 2.34 bits per heavy atom. The lowest BCUT2D eigenvalue weighted by molar-refractivity contribution is -0.139. The number of carbonyl (C=O) groups excluding carboxylic acids is 1. The molecule has 146 valence electrons. The predicted molar refractivity (Wildman–Crippen MR) is 109 cm³/mol.